The van der Waals surface area contributed by atoms with E-state index in [9.17, 15) is 10.2 Å². The molecule has 4 nitrogen and oxygen atoms in total. The standard InChI is InChI=1S/C14H21NO3/c16-12-5-4-11(14(17)9-12)10-15-7-6-13-3-1-2-8-18-13/h4-5,9,13,15-17H,1-3,6-8,10H2. The van der Waals surface area contributed by atoms with E-state index in [0.717, 1.165) is 31.6 Å². The van der Waals surface area contributed by atoms with E-state index in [0.29, 0.717) is 12.6 Å². The monoisotopic (exact) mass is 251 g/mol. The Morgan fingerprint density at radius 1 is 1.28 bits per heavy atom. The summed E-state index contributed by atoms with van der Waals surface area (Å²) in [4.78, 5) is 0. The minimum atomic E-state index is 0.0897. The Hall–Kier alpha value is -1.26. The number of phenolic OH excluding ortho intramolecular Hbond substituents is 2. The summed E-state index contributed by atoms with van der Waals surface area (Å²) in [5.74, 6) is 0.225. The third-order valence-corrected chi connectivity index (χ3v) is 3.30. The molecule has 0 spiro atoms. The smallest absolute Gasteiger partial charge is 0.123 e. The zero-order chi connectivity index (χ0) is 12.8. The first-order valence-electron chi connectivity index (χ1n) is 6.59. The molecule has 4 heteroatoms. The summed E-state index contributed by atoms with van der Waals surface area (Å²) < 4.78 is 5.65. The van der Waals surface area contributed by atoms with Crippen molar-refractivity contribution in [3.63, 3.8) is 0 Å². The largest absolute Gasteiger partial charge is 0.508 e. The second kappa shape index (κ2) is 6.61. The zero-order valence-corrected chi connectivity index (χ0v) is 10.6. The minimum Gasteiger partial charge on any atom is -0.508 e. The minimum absolute atomic E-state index is 0.0897. The summed E-state index contributed by atoms with van der Waals surface area (Å²) >= 11 is 0. The van der Waals surface area contributed by atoms with Gasteiger partial charge in [0.05, 0.1) is 6.10 Å². The van der Waals surface area contributed by atoms with Gasteiger partial charge in [-0.3, -0.25) is 0 Å². The number of rotatable bonds is 5. The van der Waals surface area contributed by atoms with Crippen molar-refractivity contribution in [2.45, 2.75) is 38.3 Å². The molecule has 1 saturated heterocycles. The molecular formula is C14H21NO3. The molecule has 1 aromatic rings. The van der Waals surface area contributed by atoms with Crippen LogP contribution < -0.4 is 5.32 Å². The lowest BCUT2D eigenvalue weighted by molar-refractivity contribution is 0.0115. The van der Waals surface area contributed by atoms with Crippen LogP contribution in [0.5, 0.6) is 11.5 Å². The number of phenols is 2. The average Bonchev–Trinajstić information content (AvgIpc) is 2.38. The van der Waals surface area contributed by atoms with Crippen molar-refractivity contribution >= 4 is 0 Å². The predicted molar refractivity (Wildman–Crippen MR) is 69.7 cm³/mol. The Kier molecular flexibility index (Phi) is 4.84. The Labute approximate surface area is 108 Å². The summed E-state index contributed by atoms with van der Waals surface area (Å²) in [5.41, 5.74) is 0.803. The van der Waals surface area contributed by atoms with Crippen molar-refractivity contribution in [3.8, 4) is 11.5 Å². The normalized spacial score (nSPS) is 19.9. The lowest BCUT2D eigenvalue weighted by Gasteiger charge is -2.22. The van der Waals surface area contributed by atoms with E-state index in [-0.39, 0.29) is 11.5 Å². The van der Waals surface area contributed by atoms with Gasteiger partial charge in [-0.1, -0.05) is 6.07 Å². The molecule has 0 bridgehead atoms. The Bertz CT molecular complexity index is 375. The molecule has 18 heavy (non-hydrogen) atoms. The number of nitrogens with one attached hydrogen (secondary N) is 1. The molecule has 0 radical (unpaired) electrons. The van der Waals surface area contributed by atoms with Gasteiger partial charge in [0.2, 0.25) is 0 Å². The summed E-state index contributed by atoms with van der Waals surface area (Å²) in [5, 5.41) is 22.1. The first-order valence-corrected chi connectivity index (χ1v) is 6.59. The van der Waals surface area contributed by atoms with Crippen molar-refractivity contribution in [3.05, 3.63) is 23.8 Å². The molecule has 1 aliphatic heterocycles. The fourth-order valence-electron chi connectivity index (χ4n) is 2.22. The molecule has 0 amide bonds. The van der Waals surface area contributed by atoms with Crippen LogP contribution in [0.2, 0.25) is 0 Å². The second-order valence-electron chi connectivity index (χ2n) is 4.77. The van der Waals surface area contributed by atoms with Crippen LogP contribution in [0.4, 0.5) is 0 Å². The molecule has 1 aliphatic rings. The van der Waals surface area contributed by atoms with Gasteiger partial charge in [0.25, 0.3) is 0 Å². The first kappa shape index (κ1) is 13.2. The summed E-state index contributed by atoms with van der Waals surface area (Å²) in [6, 6.07) is 4.68. The molecular weight excluding hydrogens is 230 g/mol. The first-order chi connectivity index (χ1) is 8.75. The molecule has 0 aromatic heterocycles. The fraction of sp³-hybridized carbons (Fsp3) is 0.571. The molecule has 0 aliphatic carbocycles. The number of hydrogen-bond donors (Lipinski definition) is 3. The van der Waals surface area contributed by atoms with Crippen LogP contribution >= 0.6 is 0 Å². The SMILES string of the molecule is Oc1ccc(CNCCC2CCCCO2)c(O)c1. The van der Waals surface area contributed by atoms with Gasteiger partial charge in [0.1, 0.15) is 11.5 Å². The van der Waals surface area contributed by atoms with E-state index in [4.69, 9.17) is 4.74 Å². The van der Waals surface area contributed by atoms with Crippen LogP contribution in [0.25, 0.3) is 0 Å². The maximum absolute atomic E-state index is 9.61. The van der Waals surface area contributed by atoms with E-state index >= 15 is 0 Å². The van der Waals surface area contributed by atoms with E-state index in [1.807, 2.05) is 0 Å². The van der Waals surface area contributed by atoms with Crippen molar-refractivity contribution < 1.29 is 14.9 Å². The van der Waals surface area contributed by atoms with Crippen LogP contribution in [0.3, 0.4) is 0 Å². The van der Waals surface area contributed by atoms with Crippen molar-refractivity contribution in [2.24, 2.45) is 0 Å². The molecule has 0 saturated carbocycles. The highest BCUT2D eigenvalue weighted by molar-refractivity contribution is 5.38. The molecule has 1 aromatic carbocycles. The lowest BCUT2D eigenvalue weighted by Crippen LogP contribution is -2.25. The molecule has 3 N–H and O–H groups in total. The molecule has 1 heterocycles. The van der Waals surface area contributed by atoms with Crippen LogP contribution in [0, 0.1) is 0 Å². The van der Waals surface area contributed by atoms with Crippen LogP contribution in [-0.4, -0.2) is 29.5 Å². The van der Waals surface area contributed by atoms with Gasteiger partial charge in [-0.25, -0.2) is 0 Å². The quantitative estimate of drug-likeness (QED) is 0.702. The molecule has 1 unspecified atom stereocenters. The Morgan fingerprint density at radius 3 is 2.89 bits per heavy atom. The lowest BCUT2D eigenvalue weighted by atomic mass is 10.1. The fourth-order valence-corrected chi connectivity index (χ4v) is 2.22. The number of benzene rings is 1. The third-order valence-electron chi connectivity index (χ3n) is 3.30. The van der Waals surface area contributed by atoms with Crippen LogP contribution in [0.15, 0.2) is 18.2 Å². The van der Waals surface area contributed by atoms with Crippen molar-refractivity contribution in [1.82, 2.24) is 5.32 Å². The van der Waals surface area contributed by atoms with Gasteiger partial charge in [-0.05, 0) is 38.3 Å². The summed E-state index contributed by atoms with van der Waals surface area (Å²) in [7, 11) is 0. The Balaban J connectivity index is 1.68. The average molecular weight is 251 g/mol. The zero-order valence-electron chi connectivity index (χ0n) is 10.6. The highest BCUT2D eigenvalue weighted by atomic mass is 16.5. The van der Waals surface area contributed by atoms with E-state index in [1.165, 1.54) is 18.9 Å². The van der Waals surface area contributed by atoms with Gasteiger partial charge in [0, 0.05) is 24.8 Å². The second-order valence-corrected chi connectivity index (χ2v) is 4.77. The molecule has 1 atom stereocenters. The molecule has 2 rings (SSSR count). The van der Waals surface area contributed by atoms with Gasteiger partial charge >= 0.3 is 0 Å². The third kappa shape index (κ3) is 3.89. The number of aromatic hydroxyl groups is 2. The number of ether oxygens (including phenoxy) is 1. The van der Waals surface area contributed by atoms with Crippen LogP contribution in [-0.2, 0) is 11.3 Å². The molecule has 1 fully saturated rings. The van der Waals surface area contributed by atoms with Crippen LogP contribution in [0.1, 0.15) is 31.2 Å². The topological polar surface area (TPSA) is 61.7 Å². The van der Waals surface area contributed by atoms with Crippen molar-refractivity contribution in [1.29, 1.82) is 0 Å². The highest BCUT2D eigenvalue weighted by Crippen LogP contribution is 2.22. The molecule has 100 valence electrons. The highest BCUT2D eigenvalue weighted by Gasteiger charge is 2.12. The van der Waals surface area contributed by atoms with Crippen molar-refractivity contribution in [2.75, 3.05) is 13.2 Å². The Morgan fingerprint density at radius 2 is 2.17 bits per heavy atom. The maximum atomic E-state index is 9.61. The van der Waals surface area contributed by atoms with Gasteiger partial charge in [-0.15, -0.1) is 0 Å². The maximum Gasteiger partial charge on any atom is 0.123 e. The van der Waals surface area contributed by atoms with Gasteiger partial charge in [-0.2, -0.15) is 0 Å². The summed E-state index contributed by atoms with van der Waals surface area (Å²) in [6.07, 6.45) is 5.01. The van der Waals surface area contributed by atoms with Gasteiger partial charge < -0.3 is 20.3 Å². The number of hydrogen-bond acceptors (Lipinski definition) is 4. The van der Waals surface area contributed by atoms with E-state index in [2.05, 4.69) is 5.32 Å². The van der Waals surface area contributed by atoms with Gasteiger partial charge in [0.15, 0.2) is 0 Å². The summed E-state index contributed by atoms with van der Waals surface area (Å²) in [6.45, 7) is 2.38. The predicted octanol–water partition coefficient (Wildman–Crippen LogP) is 2.15. The van der Waals surface area contributed by atoms with E-state index in [1.54, 1.807) is 12.1 Å². The van der Waals surface area contributed by atoms with E-state index < -0.39 is 0 Å².